The fourth-order valence-electron chi connectivity index (χ4n) is 1.64. The average molecular weight is 373 g/mol. The monoisotopic (exact) mass is 371 g/mol. The minimum absolute atomic E-state index is 0.0251. The highest BCUT2D eigenvalue weighted by atomic mass is 79.9. The molecule has 94 valence electrons. The number of carbonyl (C=O) groups excluding carboxylic acids is 1. The van der Waals surface area contributed by atoms with Crippen LogP contribution in [0, 0.1) is 0 Å². The van der Waals surface area contributed by atoms with Crippen molar-refractivity contribution in [2.45, 2.75) is 19.9 Å². The van der Waals surface area contributed by atoms with E-state index in [0.29, 0.717) is 17.9 Å². The van der Waals surface area contributed by atoms with Crippen molar-refractivity contribution in [1.29, 1.82) is 0 Å². The van der Waals surface area contributed by atoms with Gasteiger partial charge in [-0.15, -0.1) is 0 Å². The predicted molar refractivity (Wildman–Crippen MR) is 75.6 cm³/mol. The van der Waals surface area contributed by atoms with E-state index in [1.165, 1.54) is 6.33 Å². The Morgan fingerprint density at radius 2 is 2.17 bits per heavy atom. The van der Waals surface area contributed by atoms with Crippen LogP contribution in [-0.2, 0) is 13.0 Å². The van der Waals surface area contributed by atoms with E-state index in [2.05, 4.69) is 41.9 Å². The van der Waals surface area contributed by atoms with Crippen molar-refractivity contribution >= 4 is 37.6 Å². The van der Waals surface area contributed by atoms with Crippen molar-refractivity contribution in [3.05, 3.63) is 44.9 Å². The number of benzene rings is 1. The van der Waals surface area contributed by atoms with Gasteiger partial charge in [-0.05, 0) is 25.1 Å². The van der Waals surface area contributed by atoms with Crippen LogP contribution in [0.5, 0.6) is 0 Å². The second-order valence-corrected chi connectivity index (χ2v) is 5.49. The Labute approximate surface area is 122 Å². The van der Waals surface area contributed by atoms with E-state index < -0.39 is 0 Å². The number of nitrogens with zero attached hydrogens (tertiary/aromatic N) is 3. The molecular formula is C12H11Br2N3O. The number of rotatable bonds is 4. The molecular weight excluding hydrogens is 362 g/mol. The highest BCUT2D eigenvalue weighted by molar-refractivity contribution is 9.11. The predicted octanol–water partition coefficient (Wildman–Crippen LogP) is 3.25. The highest BCUT2D eigenvalue weighted by Gasteiger charge is 2.14. The second kappa shape index (κ2) is 5.75. The van der Waals surface area contributed by atoms with Crippen molar-refractivity contribution in [1.82, 2.24) is 14.8 Å². The summed E-state index contributed by atoms with van der Waals surface area (Å²) in [5, 5.41) is 4.05. The number of hydrogen-bond acceptors (Lipinski definition) is 3. The van der Waals surface area contributed by atoms with Gasteiger partial charge in [0.25, 0.3) is 0 Å². The Hall–Kier alpha value is -1.01. The van der Waals surface area contributed by atoms with Gasteiger partial charge in [-0.3, -0.25) is 4.79 Å². The van der Waals surface area contributed by atoms with Crippen LogP contribution in [0.1, 0.15) is 23.1 Å². The Balaban J connectivity index is 2.22. The molecule has 0 aliphatic carbocycles. The molecule has 2 rings (SSSR count). The minimum Gasteiger partial charge on any atom is -0.294 e. The normalized spacial score (nSPS) is 10.6. The lowest BCUT2D eigenvalue weighted by Crippen LogP contribution is -2.11. The van der Waals surface area contributed by atoms with Crippen LogP contribution in [0.15, 0.2) is 33.5 Å². The van der Waals surface area contributed by atoms with Gasteiger partial charge < -0.3 is 0 Å². The van der Waals surface area contributed by atoms with Crippen molar-refractivity contribution < 1.29 is 4.79 Å². The molecule has 0 radical (unpaired) electrons. The summed E-state index contributed by atoms with van der Waals surface area (Å²) in [4.78, 5) is 16.3. The second-order valence-electron chi connectivity index (χ2n) is 3.72. The first kappa shape index (κ1) is 13.4. The van der Waals surface area contributed by atoms with E-state index in [-0.39, 0.29) is 12.2 Å². The summed E-state index contributed by atoms with van der Waals surface area (Å²) in [6.07, 6.45) is 1.73. The van der Waals surface area contributed by atoms with Gasteiger partial charge in [0.1, 0.15) is 12.2 Å². The molecule has 0 amide bonds. The van der Waals surface area contributed by atoms with Crippen LogP contribution in [-0.4, -0.2) is 20.5 Å². The maximum Gasteiger partial charge on any atom is 0.171 e. The summed E-state index contributed by atoms with van der Waals surface area (Å²) >= 11 is 6.75. The Bertz CT molecular complexity index is 580. The van der Waals surface area contributed by atoms with Crippen LogP contribution in [0.4, 0.5) is 0 Å². The lowest BCUT2D eigenvalue weighted by Gasteiger charge is -2.05. The quantitative estimate of drug-likeness (QED) is 0.774. The van der Waals surface area contributed by atoms with Gasteiger partial charge in [0, 0.05) is 21.1 Å². The summed E-state index contributed by atoms with van der Waals surface area (Å²) in [6, 6.07) is 5.50. The lowest BCUT2D eigenvalue weighted by atomic mass is 10.1. The molecule has 0 saturated heterocycles. The van der Waals surface area contributed by atoms with E-state index in [0.717, 1.165) is 8.95 Å². The van der Waals surface area contributed by atoms with E-state index in [4.69, 9.17) is 0 Å². The molecule has 0 N–H and O–H groups in total. The van der Waals surface area contributed by atoms with Crippen molar-refractivity contribution in [3.63, 3.8) is 0 Å². The standard InChI is InChI=1S/C12H11Br2N3O/c1-2-17-12(15-7-16-17)6-11(18)9-4-3-8(13)5-10(9)14/h3-5,7H,2,6H2,1H3. The zero-order valence-electron chi connectivity index (χ0n) is 9.73. The number of ketones is 1. The smallest absolute Gasteiger partial charge is 0.171 e. The largest absolute Gasteiger partial charge is 0.294 e. The molecule has 6 heteroatoms. The molecule has 0 unspecified atom stereocenters. The van der Waals surface area contributed by atoms with E-state index in [1.54, 1.807) is 10.7 Å². The first-order valence-corrected chi connectivity index (χ1v) is 7.05. The van der Waals surface area contributed by atoms with E-state index in [1.807, 2.05) is 19.1 Å². The van der Waals surface area contributed by atoms with Crippen LogP contribution >= 0.6 is 31.9 Å². The van der Waals surface area contributed by atoms with E-state index >= 15 is 0 Å². The molecule has 4 nitrogen and oxygen atoms in total. The minimum atomic E-state index is 0.0251. The maximum absolute atomic E-state index is 12.2. The third-order valence-electron chi connectivity index (χ3n) is 2.55. The fraction of sp³-hybridized carbons (Fsp3) is 0.250. The number of aryl methyl sites for hydroxylation is 1. The zero-order chi connectivity index (χ0) is 13.1. The van der Waals surface area contributed by atoms with Gasteiger partial charge in [0.2, 0.25) is 0 Å². The number of hydrogen-bond donors (Lipinski definition) is 0. The molecule has 0 atom stereocenters. The summed E-state index contributed by atoms with van der Waals surface area (Å²) in [6.45, 7) is 2.68. The van der Waals surface area contributed by atoms with Crippen LogP contribution in [0.25, 0.3) is 0 Å². The Morgan fingerprint density at radius 1 is 1.39 bits per heavy atom. The zero-order valence-corrected chi connectivity index (χ0v) is 12.9. The third kappa shape index (κ3) is 2.87. The van der Waals surface area contributed by atoms with Gasteiger partial charge in [0.05, 0.1) is 6.42 Å². The molecule has 1 aromatic carbocycles. The Morgan fingerprint density at radius 3 is 2.83 bits per heavy atom. The maximum atomic E-state index is 12.2. The van der Waals surface area contributed by atoms with Gasteiger partial charge in [-0.1, -0.05) is 31.9 Å². The van der Waals surface area contributed by atoms with Crippen molar-refractivity contribution in [2.75, 3.05) is 0 Å². The van der Waals surface area contributed by atoms with Gasteiger partial charge in [-0.25, -0.2) is 9.67 Å². The molecule has 0 fully saturated rings. The molecule has 0 aliphatic heterocycles. The molecule has 2 aromatic rings. The number of carbonyl (C=O) groups is 1. The van der Waals surface area contributed by atoms with Crippen LogP contribution < -0.4 is 0 Å². The number of aromatic nitrogens is 3. The van der Waals surface area contributed by atoms with Crippen LogP contribution in [0.2, 0.25) is 0 Å². The van der Waals surface area contributed by atoms with Crippen molar-refractivity contribution in [2.24, 2.45) is 0 Å². The summed E-state index contributed by atoms with van der Waals surface area (Å²) in [5.41, 5.74) is 0.656. The van der Waals surface area contributed by atoms with E-state index in [9.17, 15) is 4.79 Å². The first-order chi connectivity index (χ1) is 8.61. The summed E-state index contributed by atoms with van der Waals surface area (Å²) in [7, 11) is 0. The lowest BCUT2D eigenvalue weighted by molar-refractivity contribution is 0.0988. The summed E-state index contributed by atoms with van der Waals surface area (Å²) < 4.78 is 3.44. The SMILES string of the molecule is CCn1ncnc1CC(=O)c1ccc(Br)cc1Br. The average Bonchev–Trinajstić information content (AvgIpc) is 2.76. The topological polar surface area (TPSA) is 47.8 Å². The molecule has 18 heavy (non-hydrogen) atoms. The molecule has 0 bridgehead atoms. The Kier molecular flexibility index (Phi) is 4.29. The molecule has 1 aromatic heterocycles. The summed E-state index contributed by atoms with van der Waals surface area (Å²) in [5.74, 6) is 0.717. The molecule has 0 spiro atoms. The van der Waals surface area contributed by atoms with Crippen molar-refractivity contribution in [3.8, 4) is 0 Å². The number of Topliss-reactive ketones (excluding diaryl/α,β-unsaturated/α-hetero) is 1. The van der Waals surface area contributed by atoms with Gasteiger partial charge in [0.15, 0.2) is 5.78 Å². The third-order valence-corrected chi connectivity index (χ3v) is 3.69. The number of halogens is 2. The van der Waals surface area contributed by atoms with Gasteiger partial charge in [-0.2, -0.15) is 5.10 Å². The molecule has 0 aliphatic rings. The first-order valence-electron chi connectivity index (χ1n) is 5.46. The van der Waals surface area contributed by atoms with Gasteiger partial charge >= 0.3 is 0 Å². The fourth-order valence-corrected chi connectivity index (χ4v) is 2.91. The van der Waals surface area contributed by atoms with Crippen LogP contribution in [0.3, 0.4) is 0 Å². The molecule has 0 saturated carbocycles. The highest BCUT2D eigenvalue weighted by Crippen LogP contribution is 2.23. The molecule has 1 heterocycles.